The van der Waals surface area contributed by atoms with E-state index in [4.69, 9.17) is 11.6 Å². The van der Waals surface area contributed by atoms with Gasteiger partial charge < -0.3 is 5.11 Å². The molecule has 29 heavy (non-hydrogen) atoms. The molecule has 2 rings (SSSR count). The number of phenolic OH excluding ortho intramolecular Hbond substituents is 1. The van der Waals surface area contributed by atoms with Crippen molar-refractivity contribution in [3.63, 3.8) is 0 Å². The molecule has 0 radical (unpaired) electrons. The van der Waals surface area contributed by atoms with E-state index in [1.54, 1.807) is 9.88 Å². The van der Waals surface area contributed by atoms with Crippen LogP contribution in [0.2, 0.25) is 5.02 Å². The molecule has 1 aliphatic rings. The summed E-state index contributed by atoms with van der Waals surface area (Å²) in [7, 11) is 0. The minimum absolute atomic E-state index is 0. The maximum atomic E-state index is 9.27. The van der Waals surface area contributed by atoms with Crippen LogP contribution >= 0.6 is 36.4 Å². The van der Waals surface area contributed by atoms with Crippen LogP contribution in [0.4, 0.5) is 0 Å². The average Bonchev–Trinajstić information content (AvgIpc) is 3.08. The van der Waals surface area contributed by atoms with Crippen molar-refractivity contribution >= 4 is 40.2 Å². The minimum Gasteiger partial charge on any atom is -0.147 e. The van der Waals surface area contributed by atoms with E-state index in [2.05, 4.69) is 93.6 Å². The molecule has 0 saturated heterocycles. The molecule has 0 aromatic heterocycles. The molecule has 0 heterocycles. The van der Waals surface area contributed by atoms with Gasteiger partial charge in [0.05, 0.1) is 0 Å². The van der Waals surface area contributed by atoms with Crippen LogP contribution in [0, 0.1) is 11.5 Å². The summed E-state index contributed by atoms with van der Waals surface area (Å²) in [5.41, 5.74) is 2.73. The molecule has 165 valence electrons. The fourth-order valence-corrected chi connectivity index (χ4v) is 2.41. The topological polar surface area (TPSA) is 20.2 Å². The molecule has 5 heteroatoms. The van der Waals surface area contributed by atoms with Gasteiger partial charge in [0.25, 0.3) is 0 Å². The maximum absolute atomic E-state index is 9.27. The van der Waals surface area contributed by atoms with Gasteiger partial charge in [-0.25, -0.2) is 11.6 Å². The molecule has 0 aliphatic heterocycles. The molecule has 0 amide bonds. The number of allylic oxidation sites excluding steroid dienone is 4. The Morgan fingerprint density at radius 3 is 1.76 bits per heavy atom. The first-order valence-electron chi connectivity index (χ1n) is 9.65. The van der Waals surface area contributed by atoms with Crippen molar-refractivity contribution in [1.82, 2.24) is 0 Å². The zero-order chi connectivity index (χ0) is 21.3. The molecule has 0 saturated carbocycles. The quantitative estimate of drug-likeness (QED) is 0.322. The third kappa shape index (κ3) is 15.4. The van der Waals surface area contributed by atoms with E-state index < -0.39 is 0 Å². The van der Waals surface area contributed by atoms with Crippen LogP contribution in [-0.4, -0.2) is 8.92 Å². The summed E-state index contributed by atoms with van der Waals surface area (Å²) in [6, 6.07) is 5.16. The molecule has 1 aromatic rings. The third-order valence-electron chi connectivity index (χ3n) is 4.11. The van der Waals surface area contributed by atoms with E-state index in [1.165, 1.54) is 24.5 Å². The zero-order valence-electron chi connectivity index (χ0n) is 19.1. The van der Waals surface area contributed by atoms with Crippen LogP contribution in [-0.2, 0) is 25.4 Å². The fraction of sp³-hybridized carbons (Fsp3) is 0.542. The van der Waals surface area contributed by atoms with Crippen molar-refractivity contribution < 1.29 is 25.1 Å². The molecule has 0 bridgehead atoms. The zero-order valence-corrected chi connectivity index (χ0v) is 23.1. The molecule has 0 fully saturated rings. The van der Waals surface area contributed by atoms with Gasteiger partial charge in [-0.15, -0.1) is 31.2 Å². The van der Waals surface area contributed by atoms with Gasteiger partial charge in [0.2, 0.25) is 0 Å². The van der Waals surface area contributed by atoms with Gasteiger partial charge in [-0.1, -0.05) is 53.1 Å². The van der Waals surface area contributed by atoms with Crippen LogP contribution in [0.5, 0.6) is 5.75 Å². The van der Waals surface area contributed by atoms with Crippen LogP contribution in [0.3, 0.4) is 0 Å². The Balaban J connectivity index is -0.000000357. The third-order valence-corrected chi connectivity index (χ3v) is 5.43. The van der Waals surface area contributed by atoms with Crippen LogP contribution in [0.25, 0.3) is 0 Å². The first-order valence-corrected chi connectivity index (χ1v) is 10.8. The second-order valence-corrected chi connectivity index (χ2v) is 10.2. The second-order valence-electron chi connectivity index (χ2n) is 8.71. The number of hydrogen-bond acceptors (Lipinski definition) is 1. The fourth-order valence-electron chi connectivity index (χ4n) is 2.18. The normalized spacial score (nSPS) is 12.3. The number of halogens is 3. The summed E-state index contributed by atoms with van der Waals surface area (Å²) in [5.74, 6) is 0.229. The predicted octanol–water partition coefficient (Wildman–Crippen LogP) is 8.43. The molecule has 0 unspecified atom stereocenters. The summed E-state index contributed by atoms with van der Waals surface area (Å²) in [6.45, 7) is 17.3. The molecule has 1 aliphatic carbocycles. The monoisotopic (exact) mass is 495 g/mol. The van der Waals surface area contributed by atoms with Crippen LogP contribution in [0.1, 0.15) is 80.2 Å². The Kier molecular flexibility index (Phi) is 18.2. The van der Waals surface area contributed by atoms with E-state index in [9.17, 15) is 5.11 Å². The van der Waals surface area contributed by atoms with E-state index in [0.717, 1.165) is 12.0 Å². The maximum Gasteiger partial charge on any atom is -0.147 e. The van der Waals surface area contributed by atoms with E-state index in [1.807, 2.05) is 6.07 Å². The van der Waals surface area contributed by atoms with Crippen LogP contribution in [0.15, 0.2) is 35.9 Å². The Bertz CT molecular complexity index is 639. The summed E-state index contributed by atoms with van der Waals surface area (Å²) < 4.78 is 1.59. The van der Waals surface area contributed by atoms with Crippen molar-refractivity contribution in [3.05, 3.63) is 52.6 Å². The van der Waals surface area contributed by atoms with Gasteiger partial charge in [0, 0.05) is 5.02 Å². The summed E-state index contributed by atoms with van der Waals surface area (Å²) in [4.78, 5) is 0. The standard InChI is InChI=1S/C10H13ClO.C9H13.C5H10.2ClH.Ti/c1-10(2,3)7-4-8(11)6-9(12)5-7;1-9(2,3)8-6-4-5-7-8;1-3-5-4-2;;;/h4-6,12H,1-3H3;4,6H,5H2,1-3H3;3-4H2,1-2H3;2*1H;/q;-1;;;;+1. The van der Waals surface area contributed by atoms with Gasteiger partial charge in [0.1, 0.15) is 5.75 Å². The largest absolute Gasteiger partial charge is 0.147 e. The van der Waals surface area contributed by atoms with Crippen molar-refractivity contribution in [2.75, 3.05) is 0 Å². The Morgan fingerprint density at radius 2 is 1.52 bits per heavy atom. The number of rotatable bonds is 2. The Labute approximate surface area is 208 Å². The summed E-state index contributed by atoms with van der Waals surface area (Å²) >= 11 is 7.99. The minimum atomic E-state index is 0. The van der Waals surface area contributed by atoms with Crippen molar-refractivity contribution in [2.45, 2.75) is 80.1 Å². The van der Waals surface area contributed by atoms with Crippen molar-refractivity contribution in [3.8, 4) is 5.75 Å². The number of benzene rings is 1. The Hall–Kier alpha value is -0.0457. The smallest absolute Gasteiger partial charge is 0.147 e. The van der Waals surface area contributed by atoms with Gasteiger partial charge in [0.15, 0.2) is 0 Å². The second kappa shape index (κ2) is 15.7. The average molecular weight is 497 g/mol. The van der Waals surface area contributed by atoms with E-state index in [-0.39, 0.29) is 36.0 Å². The molecule has 1 N–H and O–H groups in total. The SMILES string of the molecule is CC(C)(C)C1=[C-]CC=C1.CC(C)(C)c1cc(O)cc(Cl)c1.CC[C](=[Ti+])CC.Cl.Cl. The molecule has 1 nitrogen and oxygen atoms in total. The van der Waals surface area contributed by atoms with E-state index in [0.29, 0.717) is 10.4 Å². The summed E-state index contributed by atoms with van der Waals surface area (Å²) in [6.07, 6.45) is 11.1. The van der Waals surface area contributed by atoms with Crippen molar-refractivity contribution in [1.29, 1.82) is 0 Å². The predicted molar refractivity (Wildman–Crippen MR) is 132 cm³/mol. The molecule has 1 aromatic carbocycles. The van der Waals surface area contributed by atoms with E-state index >= 15 is 0 Å². The molecular formula is C24H38Cl3OTi. The summed E-state index contributed by atoms with van der Waals surface area (Å²) in [5, 5.41) is 9.86. The molecule has 0 atom stereocenters. The first kappa shape index (κ1) is 33.6. The number of hydrogen-bond donors (Lipinski definition) is 1. The Morgan fingerprint density at radius 1 is 1.00 bits per heavy atom. The van der Waals surface area contributed by atoms with Crippen LogP contribution < -0.4 is 0 Å². The van der Waals surface area contributed by atoms with Gasteiger partial charge >= 0.3 is 50.5 Å². The molecular weight excluding hydrogens is 458 g/mol. The number of aromatic hydroxyl groups is 1. The molecule has 0 spiro atoms. The first-order chi connectivity index (χ1) is 12.3. The van der Waals surface area contributed by atoms with Crippen molar-refractivity contribution in [2.24, 2.45) is 5.41 Å². The number of phenols is 1. The van der Waals surface area contributed by atoms with Gasteiger partial charge in [-0.2, -0.15) is 6.08 Å². The van der Waals surface area contributed by atoms with Gasteiger partial charge in [-0.3, -0.25) is 6.08 Å². The van der Waals surface area contributed by atoms with Gasteiger partial charge in [-0.05, 0) is 34.6 Å².